The molecule has 0 aliphatic rings. The number of hydrogen-bond acceptors (Lipinski definition) is 6. The molecular weight excluding hydrogens is 400 g/mol. The Morgan fingerprint density at radius 2 is 1.90 bits per heavy atom. The average molecular weight is 417 g/mol. The number of non-ortho nitro benzene ring substituents is 1. The number of anilines is 1. The zero-order chi connectivity index (χ0) is 21.0. The number of hydrogen-bond donors (Lipinski definition) is 1. The highest BCUT2D eigenvalue weighted by Crippen LogP contribution is 2.30. The lowest BCUT2D eigenvalue weighted by Gasteiger charge is -2.10. The number of ether oxygens (including phenoxy) is 2. The van der Waals surface area contributed by atoms with Crippen LogP contribution in [0.4, 0.5) is 11.4 Å². The summed E-state index contributed by atoms with van der Waals surface area (Å²) in [5, 5.41) is 18.4. The van der Waals surface area contributed by atoms with E-state index in [2.05, 4.69) is 10.4 Å². The lowest BCUT2D eigenvalue weighted by Crippen LogP contribution is -2.19. The normalized spacial score (nSPS) is 10.4. The van der Waals surface area contributed by atoms with Crippen LogP contribution in [0, 0.1) is 17.0 Å². The van der Waals surface area contributed by atoms with Crippen LogP contribution in [0.1, 0.15) is 5.69 Å². The second-order valence-electron chi connectivity index (χ2n) is 6.06. The molecule has 0 bridgehead atoms. The van der Waals surface area contributed by atoms with Gasteiger partial charge < -0.3 is 14.8 Å². The molecule has 1 N–H and O–H groups in total. The van der Waals surface area contributed by atoms with Gasteiger partial charge in [0.1, 0.15) is 23.8 Å². The number of methoxy groups -OCH3 is 1. The molecule has 1 amide bonds. The van der Waals surface area contributed by atoms with Crippen molar-refractivity contribution in [3.63, 3.8) is 0 Å². The van der Waals surface area contributed by atoms with Crippen molar-refractivity contribution in [2.75, 3.05) is 12.4 Å². The highest BCUT2D eigenvalue weighted by atomic mass is 35.5. The summed E-state index contributed by atoms with van der Waals surface area (Å²) in [6.45, 7) is 1.63. The number of carbonyl (C=O) groups is 1. The zero-order valence-electron chi connectivity index (χ0n) is 15.6. The maximum Gasteiger partial charge on any atom is 0.275 e. The van der Waals surface area contributed by atoms with E-state index >= 15 is 0 Å². The van der Waals surface area contributed by atoms with Crippen LogP contribution in [-0.2, 0) is 11.3 Å². The van der Waals surface area contributed by atoms with Gasteiger partial charge in [-0.25, -0.2) is 0 Å². The van der Waals surface area contributed by atoms with E-state index in [1.54, 1.807) is 38.3 Å². The van der Waals surface area contributed by atoms with Crippen LogP contribution in [-0.4, -0.2) is 27.7 Å². The Morgan fingerprint density at radius 3 is 2.48 bits per heavy atom. The molecule has 0 aliphatic heterocycles. The van der Waals surface area contributed by atoms with Crippen molar-refractivity contribution in [3.05, 3.63) is 69.5 Å². The van der Waals surface area contributed by atoms with E-state index < -0.39 is 10.8 Å². The minimum Gasteiger partial charge on any atom is -0.497 e. The molecule has 0 atom stereocenters. The number of rotatable bonds is 7. The molecule has 0 aliphatic carbocycles. The van der Waals surface area contributed by atoms with Crippen molar-refractivity contribution in [2.24, 2.45) is 0 Å². The molecule has 0 radical (unpaired) electrons. The molecule has 1 heterocycles. The lowest BCUT2D eigenvalue weighted by atomic mass is 10.2. The van der Waals surface area contributed by atoms with Crippen LogP contribution in [0.5, 0.6) is 17.2 Å². The Morgan fingerprint density at radius 1 is 1.21 bits per heavy atom. The Labute approximate surface area is 171 Å². The molecule has 3 rings (SSSR count). The van der Waals surface area contributed by atoms with Crippen LogP contribution >= 0.6 is 11.6 Å². The predicted octanol–water partition coefficient (Wildman–Crippen LogP) is 4.19. The van der Waals surface area contributed by atoms with E-state index in [0.29, 0.717) is 22.2 Å². The number of benzene rings is 2. The predicted molar refractivity (Wildman–Crippen MR) is 107 cm³/mol. The van der Waals surface area contributed by atoms with Gasteiger partial charge in [-0.15, -0.1) is 0 Å². The van der Waals surface area contributed by atoms with E-state index in [-0.39, 0.29) is 23.7 Å². The topological polar surface area (TPSA) is 109 Å². The summed E-state index contributed by atoms with van der Waals surface area (Å²) in [6, 6.07) is 10.8. The average Bonchev–Trinajstić information content (AvgIpc) is 2.99. The van der Waals surface area contributed by atoms with Gasteiger partial charge in [0, 0.05) is 18.3 Å². The summed E-state index contributed by atoms with van der Waals surface area (Å²) < 4.78 is 12.2. The third kappa shape index (κ3) is 5.23. The lowest BCUT2D eigenvalue weighted by molar-refractivity contribution is -0.384. The molecule has 10 heteroatoms. The Kier molecular flexibility index (Phi) is 5.99. The number of aryl methyl sites for hydroxylation is 1. The first-order chi connectivity index (χ1) is 13.8. The first-order valence-corrected chi connectivity index (χ1v) is 8.82. The fourth-order valence-electron chi connectivity index (χ4n) is 2.52. The van der Waals surface area contributed by atoms with Crippen molar-refractivity contribution < 1.29 is 19.2 Å². The molecule has 0 fully saturated rings. The molecule has 0 unspecified atom stereocenters. The number of amides is 1. The highest BCUT2D eigenvalue weighted by Gasteiger charge is 2.14. The van der Waals surface area contributed by atoms with Crippen molar-refractivity contribution in [3.8, 4) is 17.2 Å². The SMILES string of the molecule is COc1ccc(Oc2cc(NC(=O)Cn3cc(Cl)c(C)n3)cc([N+](=O)[O-])c2)cc1. The van der Waals surface area contributed by atoms with Gasteiger partial charge in [0.2, 0.25) is 5.91 Å². The summed E-state index contributed by atoms with van der Waals surface area (Å²) in [5.74, 6) is 0.904. The Balaban J connectivity index is 1.78. The number of nitrogens with zero attached hydrogens (tertiary/aromatic N) is 3. The molecule has 9 nitrogen and oxygen atoms in total. The summed E-state index contributed by atoms with van der Waals surface area (Å²) in [5.41, 5.74) is 0.608. The Bertz CT molecular complexity index is 1030. The van der Waals surface area contributed by atoms with Crippen molar-refractivity contribution in [1.29, 1.82) is 0 Å². The van der Waals surface area contributed by atoms with Crippen molar-refractivity contribution in [1.82, 2.24) is 9.78 Å². The van der Waals surface area contributed by atoms with E-state index in [0.717, 1.165) is 0 Å². The first kappa shape index (κ1) is 20.2. The van der Waals surface area contributed by atoms with Gasteiger partial charge in [0.25, 0.3) is 5.69 Å². The third-order valence-electron chi connectivity index (χ3n) is 3.87. The molecule has 29 heavy (non-hydrogen) atoms. The molecule has 1 aromatic heterocycles. The first-order valence-electron chi connectivity index (χ1n) is 8.45. The second kappa shape index (κ2) is 8.61. The van der Waals surface area contributed by atoms with Gasteiger partial charge in [-0.1, -0.05) is 11.6 Å². The smallest absolute Gasteiger partial charge is 0.275 e. The van der Waals surface area contributed by atoms with E-state index in [1.165, 1.54) is 29.1 Å². The fraction of sp³-hybridized carbons (Fsp3) is 0.158. The van der Waals surface area contributed by atoms with Gasteiger partial charge in [-0.05, 0) is 31.2 Å². The summed E-state index contributed by atoms with van der Waals surface area (Å²) in [7, 11) is 1.55. The molecule has 3 aromatic rings. The number of nitro groups is 1. The van der Waals surface area contributed by atoms with Gasteiger partial charge in [-0.2, -0.15) is 5.10 Å². The van der Waals surface area contributed by atoms with Gasteiger partial charge in [0.05, 0.1) is 34.5 Å². The maximum atomic E-state index is 12.3. The summed E-state index contributed by atoms with van der Waals surface area (Å²) >= 11 is 5.93. The van der Waals surface area contributed by atoms with Crippen LogP contribution in [0.15, 0.2) is 48.7 Å². The van der Waals surface area contributed by atoms with Gasteiger partial charge in [-0.3, -0.25) is 19.6 Å². The molecular formula is C19H17ClN4O5. The summed E-state index contributed by atoms with van der Waals surface area (Å²) in [6.07, 6.45) is 1.53. The van der Waals surface area contributed by atoms with Crippen molar-refractivity contribution in [2.45, 2.75) is 13.5 Å². The minimum absolute atomic E-state index is 0.0923. The van der Waals surface area contributed by atoms with E-state index in [1.807, 2.05) is 0 Å². The number of nitrogens with one attached hydrogen (secondary N) is 1. The van der Waals surface area contributed by atoms with Crippen LogP contribution in [0.2, 0.25) is 5.02 Å². The second-order valence-corrected chi connectivity index (χ2v) is 6.47. The zero-order valence-corrected chi connectivity index (χ0v) is 16.3. The number of aromatic nitrogens is 2. The standard InChI is InChI=1S/C19H17ClN4O5/c1-12-18(20)10-23(22-12)11-19(25)21-13-7-14(24(26)27)9-17(8-13)29-16-5-3-15(28-2)4-6-16/h3-10H,11H2,1-2H3,(H,21,25). The van der Waals surface area contributed by atoms with Gasteiger partial charge >= 0.3 is 0 Å². The van der Waals surface area contributed by atoms with Crippen LogP contribution in [0.25, 0.3) is 0 Å². The largest absolute Gasteiger partial charge is 0.497 e. The fourth-order valence-corrected chi connectivity index (χ4v) is 2.67. The molecule has 0 spiro atoms. The number of carbonyl (C=O) groups excluding carboxylic acids is 1. The number of nitro benzene ring substituents is 1. The molecule has 2 aromatic carbocycles. The van der Waals surface area contributed by atoms with Crippen LogP contribution in [0.3, 0.4) is 0 Å². The number of halogens is 1. The van der Waals surface area contributed by atoms with Crippen molar-refractivity contribution >= 4 is 28.9 Å². The molecule has 150 valence electrons. The summed E-state index contributed by atoms with van der Waals surface area (Å²) in [4.78, 5) is 23.0. The van der Waals surface area contributed by atoms with Gasteiger partial charge in [0.15, 0.2) is 0 Å². The maximum absolute atomic E-state index is 12.3. The third-order valence-corrected chi connectivity index (χ3v) is 4.24. The van der Waals surface area contributed by atoms with E-state index in [4.69, 9.17) is 21.1 Å². The highest BCUT2D eigenvalue weighted by molar-refractivity contribution is 6.31. The Hall–Kier alpha value is -3.59. The quantitative estimate of drug-likeness (QED) is 0.457. The van der Waals surface area contributed by atoms with Crippen LogP contribution < -0.4 is 14.8 Å². The molecule has 0 saturated carbocycles. The molecule has 0 saturated heterocycles. The van der Waals surface area contributed by atoms with E-state index in [9.17, 15) is 14.9 Å². The minimum atomic E-state index is -0.562. The monoisotopic (exact) mass is 416 g/mol.